The molecule has 1 heterocycles. The van der Waals surface area contributed by atoms with Crippen molar-refractivity contribution in [3.63, 3.8) is 0 Å². The molecular weight excluding hydrogens is 563 g/mol. The summed E-state index contributed by atoms with van der Waals surface area (Å²) >= 11 is 13.9. The largest absolute Gasteiger partial charge is 0.497 e. The summed E-state index contributed by atoms with van der Waals surface area (Å²) in [7, 11) is 1.60. The van der Waals surface area contributed by atoms with E-state index in [1.807, 2.05) is 54.8 Å². The quantitative estimate of drug-likeness (QED) is 0.0991. The van der Waals surface area contributed by atoms with Crippen LogP contribution in [0.5, 0.6) is 17.2 Å². The summed E-state index contributed by atoms with van der Waals surface area (Å²) in [5.41, 5.74) is 2.31. The van der Waals surface area contributed by atoms with Crippen LogP contribution < -0.4 is 14.2 Å². The van der Waals surface area contributed by atoms with E-state index >= 15 is 0 Å². The molecule has 1 atom stereocenters. The van der Waals surface area contributed by atoms with Crippen molar-refractivity contribution in [2.45, 2.75) is 30.9 Å². The Morgan fingerprint density at radius 3 is 2.41 bits per heavy atom. The minimum absolute atomic E-state index is 0.244. The van der Waals surface area contributed by atoms with Crippen LogP contribution in [0.3, 0.4) is 0 Å². The van der Waals surface area contributed by atoms with Crippen molar-refractivity contribution in [3.8, 4) is 22.9 Å². The van der Waals surface area contributed by atoms with Crippen molar-refractivity contribution < 1.29 is 19.1 Å². The van der Waals surface area contributed by atoms with Gasteiger partial charge in [0.25, 0.3) is 0 Å². The van der Waals surface area contributed by atoms with Gasteiger partial charge in [-0.3, -0.25) is 14.7 Å². The Morgan fingerprint density at radius 2 is 1.77 bits per heavy atom. The predicted octanol–water partition coefficient (Wildman–Crippen LogP) is 6.98. The first-order valence-electron chi connectivity index (χ1n) is 12.0. The Bertz CT molecular complexity index is 1430. The number of nitro groups is 1. The maximum atomic E-state index is 11.7. The van der Waals surface area contributed by atoms with Crippen LogP contribution in [0.2, 0.25) is 10.0 Å². The van der Waals surface area contributed by atoms with E-state index in [4.69, 9.17) is 37.4 Å². The highest BCUT2D eigenvalue weighted by atomic mass is 35.5. The molecule has 0 aliphatic rings. The van der Waals surface area contributed by atoms with Crippen LogP contribution in [0, 0.1) is 17.0 Å². The molecule has 0 amide bonds. The number of halogens is 2. The van der Waals surface area contributed by atoms with Gasteiger partial charge in [0.2, 0.25) is 6.54 Å². The molecule has 204 valence electrons. The molecule has 0 saturated heterocycles. The Balaban J connectivity index is 1.66. The van der Waals surface area contributed by atoms with E-state index in [0.29, 0.717) is 45.4 Å². The van der Waals surface area contributed by atoms with E-state index < -0.39 is 5.25 Å². The first kappa shape index (κ1) is 28.5. The van der Waals surface area contributed by atoms with E-state index in [1.165, 1.54) is 11.8 Å². The van der Waals surface area contributed by atoms with E-state index in [1.54, 1.807) is 31.4 Å². The van der Waals surface area contributed by atoms with Crippen LogP contribution in [0.25, 0.3) is 5.69 Å². The molecule has 0 aliphatic heterocycles. The van der Waals surface area contributed by atoms with E-state index in [-0.39, 0.29) is 23.1 Å². The third-order valence-electron chi connectivity index (χ3n) is 5.69. The zero-order valence-corrected chi connectivity index (χ0v) is 23.8. The first-order valence-corrected chi connectivity index (χ1v) is 13.6. The zero-order chi connectivity index (χ0) is 27.9. The molecule has 1 aromatic heterocycles. The standard InChI is InChI=1S/C27H26Cl2N4O5S/c1-4-37-24-14-19(13-23(29)26(24)38-16-18-5-7-20(28)8-6-18)25(15-32(34)35)39-27-31-30-17(2)33(27)21-9-11-22(36-3)12-10-21/h5-14,25H,4,15-16H2,1-3H3/t25-/m0/s1. The van der Waals surface area contributed by atoms with Gasteiger partial charge >= 0.3 is 0 Å². The minimum Gasteiger partial charge on any atom is -0.497 e. The number of ether oxygens (including phenoxy) is 3. The third kappa shape index (κ3) is 7.14. The van der Waals surface area contributed by atoms with Gasteiger partial charge in [-0.1, -0.05) is 47.1 Å². The molecule has 0 saturated carbocycles. The average Bonchev–Trinajstić information content (AvgIpc) is 3.28. The lowest BCUT2D eigenvalue weighted by molar-refractivity contribution is -0.479. The van der Waals surface area contributed by atoms with Gasteiger partial charge in [0.1, 0.15) is 23.4 Å². The Hall–Kier alpha value is -3.47. The summed E-state index contributed by atoms with van der Waals surface area (Å²) in [4.78, 5) is 11.3. The van der Waals surface area contributed by atoms with Gasteiger partial charge in [-0.15, -0.1) is 10.2 Å². The number of hydrogen-bond donors (Lipinski definition) is 0. The van der Waals surface area contributed by atoms with Crippen molar-refractivity contribution in [1.82, 2.24) is 14.8 Å². The molecule has 0 aliphatic carbocycles. The molecule has 0 bridgehead atoms. The molecule has 3 aromatic carbocycles. The van der Waals surface area contributed by atoms with Crippen LogP contribution in [0.1, 0.15) is 29.1 Å². The fourth-order valence-electron chi connectivity index (χ4n) is 3.83. The molecule has 39 heavy (non-hydrogen) atoms. The van der Waals surface area contributed by atoms with Crippen LogP contribution in [0.4, 0.5) is 0 Å². The number of thioether (sulfide) groups is 1. The van der Waals surface area contributed by atoms with Gasteiger partial charge in [-0.25, -0.2) is 0 Å². The number of nitrogens with zero attached hydrogens (tertiary/aromatic N) is 4. The second kappa shape index (κ2) is 13.1. The Morgan fingerprint density at radius 1 is 1.05 bits per heavy atom. The van der Waals surface area contributed by atoms with Crippen molar-refractivity contribution in [1.29, 1.82) is 0 Å². The molecule has 12 heteroatoms. The number of benzene rings is 3. The fraction of sp³-hybridized carbons (Fsp3) is 0.259. The Kier molecular flexibility index (Phi) is 9.55. The van der Waals surface area contributed by atoms with Crippen LogP contribution in [0.15, 0.2) is 65.8 Å². The molecule has 4 rings (SSSR count). The Labute approximate surface area is 240 Å². The van der Waals surface area contributed by atoms with Crippen LogP contribution >= 0.6 is 35.0 Å². The molecule has 9 nitrogen and oxygen atoms in total. The maximum Gasteiger partial charge on any atom is 0.220 e. The molecular formula is C27H26Cl2N4O5S. The lowest BCUT2D eigenvalue weighted by Gasteiger charge is -2.19. The fourth-order valence-corrected chi connectivity index (χ4v) is 5.39. The van der Waals surface area contributed by atoms with Crippen molar-refractivity contribution in [2.75, 3.05) is 20.3 Å². The highest BCUT2D eigenvalue weighted by Gasteiger charge is 2.26. The highest BCUT2D eigenvalue weighted by Crippen LogP contribution is 2.43. The lowest BCUT2D eigenvalue weighted by atomic mass is 10.1. The number of hydrogen-bond acceptors (Lipinski definition) is 8. The first-order chi connectivity index (χ1) is 18.8. The maximum absolute atomic E-state index is 11.7. The molecule has 0 N–H and O–H groups in total. The molecule has 0 unspecified atom stereocenters. The van der Waals surface area contributed by atoms with Crippen LogP contribution in [-0.4, -0.2) is 39.9 Å². The van der Waals surface area contributed by atoms with Gasteiger partial charge in [0.15, 0.2) is 16.7 Å². The predicted molar refractivity (Wildman–Crippen MR) is 152 cm³/mol. The monoisotopic (exact) mass is 588 g/mol. The van der Waals surface area contributed by atoms with E-state index in [2.05, 4.69) is 10.2 Å². The normalized spacial score (nSPS) is 11.7. The van der Waals surface area contributed by atoms with Gasteiger partial charge in [-0.05, 0) is 73.5 Å². The van der Waals surface area contributed by atoms with E-state index in [9.17, 15) is 10.1 Å². The number of aromatic nitrogens is 3. The van der Waals surface area contributed by atoms with Crippen molar-refractivity contribution >= 4 is 35.0 Å². The zero-order valence-electron chi connectivity index (χ0n) is 21.5. The van der Waals surface area contributed by atoms with Gasteiger partial charge in [0, 0.05) is 15.6 Å². The minimum atomic E-state index is -0.636. The summed E-state index contributed by atoms with van der Waals surface area (Å²) in [6.07, 6.45) is 0. The number of rotatable bonds is 12. The molecule has 4 aromatic rings. The smallest absolute Gasteiger partial charge is 0.220 e. The summed E-state index contributed by atoms with van der Waals surface area (Å²) in [5, 5.41) is 21.0. The summed E-state index contributed by atoms with van der Waals surface area (Å²) in [5.74, 6) is 2.11. The van der Waals surface area contributed by atoms with Crippen molar-refractivity contribution in [2.24, 2.45) is 0 Å². The van der Waals surface area contributed by atoms with E-state index in [0.717, 1.165) is 11.3 Å². The van der Waals surface area contributed by atoms with Gasteiger partial charge in [0.05, 0.1) is 18.7 Å². The van der Waals surface area contributed by atoms with Crippen LogP contribution in [-0.2, 0) is 6.61 Å². The summed E-state index contributed by atoms with van der Waals surface area (Å²) in [6, 6.07) is 18.1. The molecule has 0 fully saturated rings. The summed E-state index contributed by atoms with van der Waals surface area (Å²) < 4.78 is 18.9. The van der Waals surface area contributed by atoms with Crippen molar-refractivity contribution in [3.05, 3.63) is 97.8 Å². The lowest BCUT2D eigenvalue weighted by Crippen LogP contribution is -2.12. The highest BCUT2D eigenvalue weighted by molar-refractivity contribution is 7.99. The number of aryl methyl sites for hydroxylation is 1. The third-order valence-corrected chi connectivity index (χ3v) is 7.40. The summed E-state index contributed by atoms with van der Waals surface area (Å²) in [6.45, 7) is 3.89. The van der Waals surface area contributed by atoms with Gasteiger partial charge < -0.3 is 14.2 Å². The SMILES string of the molecule is CCOc1cc([C@H](C[N+](=O)[O-])Sc2nnc(C)n2-c2ccc(OC)cc2)cc(Cl)c1OCc1ccc(Cl)cc1. The second-order valence-corrected chi connectivity index (χ2v) is 10.4. The molecule has 0 radical (unpaired) electrons. The van der Waals surface area contributed by atoms with Gasteiger partial charge in [-0.2, -0.15) is 0 Å². The number of methoxy groups -OCH3 is 1. The second-order valence-electron chi connectivity index (χ2n) is 8.36. The topological polar surface area (TPSA) is 102 Å². The molecule has 0 spiro atoms. The average molecular weight is 590 g/mol.